The summed E-state index contributed by atoms with van der Waals surface area (Å²) < 4.78 is 26.4. The van der Waals surface area contributed by atoms with Gasteiger partial charge in [0.05, 0.1) is 18.4 Å². The van der Waals surface area contributed by atoms with Gasteiger partial charge >= 0.3 is 0 Å². The van der Waals surface area contributed by atoms with Crippen LogP contribution in [-0.2, 0) is 0 Å². The summed E-state index contributed by atoms with van der Waals surface area (Å²) in [4.78, 5) is 5.78. The Balaban J connectivity index is 2.18. The lowest BCUT2D eigenvalue weighted by Gasteiger charge is -2.17. The number of aromatic nitrogens is 1. The quantitative estimate of drug-likeness (QED) is 0.580. The molecule has 1 fully saturated rings. The van der Waals surface area contributed by atoms with E-state index in [2.05, 4.69) is 36.1 Å². The van der Waals surface area contributed by atoms with Crippen LogP contribution in [0.1, 0.15) is 12.0 Å². The molecule has 2 rings (SSSR count). The van der Waals surface area contributed by atoms with Crippen molar-refractivity contribution in [1.82, 2.24) is 4.98 Å². The Kier molecular flexibility index (Phi) is 3.63. The van der Waals surface area contributed by atoms with Crippen LogP contribution >= 0.6 is 0 Å². The van der Waals surface area contributed by atoms with Gasteiger partial charge in [0.2, 0.25) is 0 Å². The molecule has 1 saturated heterocycles. The maximum atomic E-state index is 13.2. The fraction of sp³-hybridized carbons (Fsp3) is 0.500. The molecule has 0 radical (unpaired) electrons. The average Bonchev–Trinajstić information content (AvgIpc) is 2.67. The first kappa shape index (κ1) is 14.0. The van der Waals surface area contributed by atoms with Crippen LogP contribution in [0.15, 0.2) is 18.5 Å². The molecule has 1 aliphatic heterocycles. The number of hydrogen-bond acceptors (Lipinski definition) is 2. The second-order valence-corrected chi connectivity index (χ2v) is 10.7. The van der Waals surface area contributed by atoms with Gasteiger partial charge in [0.15, 0.2) is 0 Å². The Morgan fingerprint density at radius 1 is 1.32 bits per heavy atom. The minimum absolute atomic E-state index is 0.0855. The Hall–Kier alpha value is -1.41. The third-order valence-corrected chi connectivity index (χ3v) is 3.72. The minimum Gasteiger partial charge on any atom is -0.364 e. The zero-order valence-electron chi connectivity index (χ0n) is 11.5. The lowest BCUT2D eigenvalue weighted by atomic mass is 10.2. The van der Waals surface area contributed by atoms with Gasteiger partial charge in [-0.15, -0.1) is 5.54 Å². The van der Waals surface area contributed by atoms with Gasteiger partial charge < -0.3 is 4.90 Å². The summed E-state index contributed by atoms with van der Waals surface area (Å²) in [6.45, 7) is 6.65. The molecule has 102 valence electrons. The van der Waals surface area contributed by atoms with Crippen LogP contribution in [0.4, 0.5) is 14.5 Å². The molecule has 1 aromatic rings. The number of rotatable bonds is 1. The molecule has 0 N–H and O–H groups in total. The maximum absolute atomic E-state index is 13.2. The Morgan fingerprint density at radius 2 is 2.05 bits per heavy atom. The highest BCUT2D eigenvalue weighted by atomic mass is 28.3. The molecule has 1 aromatic heterocycles. The molecule has 19 heavy (non-hydrogen) atoms. The topological polar surface area (TPSA) is 16.1 Å². The first-order chi connectivity index (χ1) is 8.75. The van der Waals surface area contributed by atoms with Gasteiger partial charge in [0, 0.05) is 24.7 Å². The smallest absolute Gasteiger partial charge is 0.266 e. The van der Waals surface area contributed by atoms with Crippen LogP contribution in [0, 0.1) is 11.5 Å². The minimum atomic E-state index is -2.58. The van der Waals surface area contributed by atoms with Crippen molar-refractivity contribution in [2.75, 3.05) is 18.0 Å². The summed E-state index contributed by atoms with van der Waals surface area (Å²) >= 11 is 0. The third kappa shape index (κ3) is 4.03. The largest absolute Gasteiger partial charge is 0.364 e. The van der Waals surface area contributed by atoms with E-state index in [0.29, 0.717) is 6.54 Å². The van der Waals surface area contributed by atoms with Gasteiger partial charge in [-0.05, 0) is 6.07 Å². The molecular formula is C14H18F2N2Si. The van der Waals surface area contributed by atoms with Gasteiger partial charge in [-0.1, -0.05) is 25.6 Å². The summed E-state index contributed by atoms with van der Waals surface area (Å²) in [5.41, 5.74) is 4.79. The monoisotopic (exact) mass is 280 g/mol. The Morgan fingerprint density at radius 3 is 2.63 bits per heavy atom. The summed E-state index contributed by atoms with van der Waals surface area (Å²) in [7, 11) is -1.43. The number of anilines is 1. The predicted octanol–water partition coefficient (Wildman–Crippen LogP) is 3.16. The second kappa shape index (κ2) is 4.93. The number of nitrogens with zero attached hydrogens (tertiary/aromatic N) is 2. The normalized spacial score (nSPS) is 18.1. The summed E-state index contributed by atoms with van der Waals surface area (Å²) in [5, 5.41) is 0. The van der Waals surface area contributed by atoms with E-state index >= 15 is 0 Å². The van der Waals surface area contributed by atoms with Gasteiger partial charge in [-0.25, -0.2) is 8.78 Å². The van der Waals surface area contributed by atoms with Crippen LogP contribution in [0.2, 0.25) is 19.6 Å². The van der Waals surface area contributed by atoms with Crippen molar-refractivity contribution in [3.8, 4) is 11.5 Å². The Bertz CT molecular complexity index is 526. The van der Waals surface area contributed by atoms with E-state index in [1.807, 2.05) is 6.07 Å². The van der Waals surface area contributed by atoms with Crippen molar-refractivity contribution >= 4 is 13.8 Å². The summed E-state index contributed by atoms with van der Waals surface area (Å²) in [6, 6.07) is 1.85. The first-order valence-corrected chi connectivity index (χ1v) is 9.86. The number of halogens is 2. The van der Waals surface area contributed by atoms with Crippen LogP contribution in [0.5, 0.6) is 0 Å². The lowest BCUT2D eigenvalue weighted by Crippen LogP contribution is -2.24. The lowest BCUT2D eigenvalue weighted by molar-refractivity contribution is 0.0257. The summed E-state index contributed by atoms with van der Waals surface area (Å²) in [6.07, 6.45) is 3.23. The van der Waals surface area contributed by atoms with Gasteiger partial charge in [0.25, 0.3) is 5.92 Å². The number of hydrogen-bond donors (Lipinski definition) is 0. The van der Waals surface area contributed by atoms with Gasteiger partial charge in [0.1, 0.15) is 8.07 Å². The second-order valence-electron chi connectivity index (χ2n) is 5.96. The van der Waals surface area contributed by atoms with Crippen LogP contribution in [0.25, 0.3) is 0 Å². The third-order valence-electron chi connectivity index (χ3n) is 2.84. The molecule has 0 spiro atoms. The SMILES string of the molecule is C[Si](C)(C)C#Cc1cncc(N2CCC(F)(F)C2)c1. The molecule has 0 amide bonds. The van der Waals surface area contributed by atoms with Crippen LogP contribution < -0.4 is 4.90 Å². The van der Waals surface area contributed by atoms with Crippen molar-refractivity contribution in [1.29, 1.82) is 0 Å². The van der Waals surface area contributed by atoms with Crippen molar-refractivity contribution in [3.05, 3.63) is 24.0 Å². The molecule has 0 aromatic carbocycles. The molecule has 0 bridgehead atoms. The van der Waals surface area contributed by atoms with Gasteiger partial charge in [-0.2, -0.15) is 0 Å². The molecular weight excluding hydrogens is 262 g/mol. The van der Waals surface area contributed by atoms with E-state index in [1.165, 1.54) is 0 Å². The maximum Gasteiger partial charge on any atom is 0.266 e. The van der Waals surface area contributed by atoms with E-state index in [4.69, 9.17) is 0 Å². The van der Waals surface area contributed by atoms with Crippen molar-refractivity contribution in [2.45, 2.75) is 32.0 Å². The van der Waals surface area contributed by atoms with E-state index in [9.17, 15) is 8.78 Å². The fourth-order valence-corrected chi connectivity index (χ4v) is 2.40. The predicted molar refractivity (Wildman–Crippen MR) is 76.2 cm³/mol. The first-order valence-electron chi connectivity index (χ1n) is 6.36. The molecule has 2 heterocycles. The highest BCUT2D eigenvalue weighted by Crippen LogP contribution is 2.30. The van der Waals surface area contributed by atoms with E-state index in [-0.39, 0.29) is 13.0 Å². The fourth-order valence-electron chi connectivity index (χ4n) is 1.89. The Labute approximate surface area is 113 Å². The van der Waals surface area contributed by atoms with E-state index in [1.54, 1.807) is 17.3 Å². The number of alkyl halides is 2. The average molecular weight is 280 g/mol. The zero-order chi connectivity index (χ0) is 14.1. The summed E-state index contributed by atoms with van der Waals surface area (Å²) in [5.74, 6) is 0.521. The van der Waals surface area contributed by atoms with E-state index in [0.717, 1.165) is 11.3 Å². The number of pyridine rings is 1. The highest BCUT2D eigenvalue weighted by Gasteiger charge is 2.38. The zero-order valence-corrected chi connectivity index (χ0v) is 12.5. The van der Waals surface area contributed by atoms with Crippen molar-refractivity contribution in [3.63, 3.8) is 0 Å². The molecule has 1 aliphatic rings. The molecule has 0 atom stereocenters. The molecule has 0 unspecified atom stereocenters. The standard InChI is InChI=1S/C14H18F2N2Si/c1-19(2,3)7-4-12-8-13(10-17-9-12)18-6-5-14(15,16)11-18/h8-10H,5-6,11H2,1-3H3. The van der Waals surface area contributed by atoms with Crippen molar-refractivity contribution < 1.29 is 8.78 Å². The van der Waals surface area contributed by atoms with Crippen molar-refractivity contribution in [2.24, 2.45) is 0 Å². The molecule has 0 saturated carbocycles. The van der Waals surface area contributed by atoms with Crippen LogP contribution in [0.3, 0.4) is 0 Å². The van der Waals surface area contributed by atoms with E-state index < -0.39 is 14.0 Å². The molecule has 5 heteroatoms. The highest BCUT2D eigenvalue weighted by molar-refractivity contribution is 6.83. The molecule has 2 nitrogen and oxygen atoms in total. The van der Waals surface area contributed by atoms with Gasteiger partial charge in [-0.3, -0.25) is 4.98 Å². The van der Waals surface area contributed by atoms with Crippen LogP contribution in [-0.4, -0.2) is 32.1 Å². The molecule has 0 aliphatic carbocycles.